The van der Waals surface area contributed by atoms with Crippen molar-refractivity contribution >= 4 is 0 Å². The first-order chi connectivity index (χ1) is 5.38. The molecule has 11 heavy (non-hydrogen) atoms. The molecule has 0 saturated heterocycles. The Morgan fingerprint density at radius 3 is 2.82 bits per heavy atom. The van der Waals surface area contributed by atoms with Crippen LogP contribution in [0.5, 0.6) is 0 Å². The zero-order valence-electron chi connectivity index (χ0n) is 5.59. The summed E-state index contributed by atoms with van der Waals surface area (Å²) in [4.78, 5) is 0. The van der Waals surface area contributed by atoms with Gasteiger partial charge in [0.1, 0.15) is 11.4 Å². The van der Waals surface area contributed by atoms with E-state index < -0.39 is 0 Å². The molecule has 0 amide bonds. The number of aromatic nitrogens is 6. The van der Waals surface area contributed by atoms with Gasteiger partial charge in [0.05, 0.1) is 5.82 Å². The van der Waals surface area contributed by atoms with Gasteiger partial charge in [0, 0.05) is 0 Å². The third-order valence-electron chi connectivity index (χ3n) is 1.18. The molecule has 2 aromatic heterocycles. The van der Waals surface area contributed by atoms with E-state index in [1.165, 1.54) is 0 Å². The van der Waals surface area contributed by atoms with Crippen LogP contribution in [-0.4, -0.2) is 25.8 Å². The van der Waals surface area contributed by atoms with Gasteiger partial charge in [0.2, 0.25) is 0 Å². The minimum Gasteiger partial charge on any atom is -0.329 e. The van der Waals surface area contributed by atoms with Crippen molar-refractivity contribution in [1.29, 1.82) is 0 Å². The summed E-state index contributed by atoms with van der Waals surface area (Å²) in [5.74, 6) is 0.337. The van der Waals surface area contributed by atoms with Crippen molar-refractivity contribution in [2.45, 2.75) is 6.92 Å². The third kappa shape index (κ3) is 0.858. The van der Waals surface area contributed by atoms with Gasteiger partial charge < -0.3 is 5.10 Å². The van der Waals surface area contributed by atoms with E-state index >= 15 is 0 Å². The van der Waals surface area contributed by atoms with Crippen molar-refractivity contribution in [2.24, 2.45) is 0 Å². The van der Waals surface area contributed by atoms with Gasteiger partial charge in [-0.05, 0) is 12.1 Å². The van der Waals surface area contributed by atoms with Crippen LogP contribution in [0.15, 0.2) is 4.63 Å². The summed E-state index contributed by atoms with van der Waals surface area (Å²) in [6.45, 7) is 1.74. The molecule has 0 aliphatic rings. The Balaban J connectivity index is 2.53. The van der Waals surface area contributed by atoms with Crippen LogP contribution < -0.4 is 5.10 Å². The lowest BCUT2D eigenvalue weighted by molar-refractivity contribution is 0.305. The zero-order valence-corrected chi connectivity index (χ0v) is 5.59. The number of rotatable bonds is 1. The summed E-state index contributed by atoms with van der Waals surface area (Å²) in [5.41, 5.74) is 1.11. The molecule has 0 saturated carbocycles. The average molecular weight is 151 g/mol. The molecule has 2 aromatic rings. The predicted molar refractivity (Wildman–Crippen MR) is 31.2 cm³/mol. The Morgan fingerprint density at radius 2 is 2.27 bits per heavy atom. The summed E-state index contributed by atoms with van der Waals surface area (Å²) in [6, 6.07) is 0. The summed E-state index contributed by atoms with van der Waals surface area (Å²) in [7, 11) is 0. The second-order valence-electron chi connectivity index (χ2n) is 1.90. The minimum atomic E-state index is 0.337. The topological polar surface area (TPSA) is 91.7 Å². The van der Waals surface area contributed by atoms with Crippen molar-refractivity contribution in [3.63, 3.8) is 0 Å². The van der Waals surface area contributed by atoms with Crippen LogP contribution >= 0.6 is 0 Å². The number of nitrogens with zero attached hydrogens (tertiary/aromatic N) is 6. The zero-order chi connectivity index (χ0) is 7.68. The van der Waals surface area contributed by atoms with Crippen molar-refractivity contribution in [2.75, 3.05) is 0 Å². The highest BCUT2D eigenvalue weighted by atomic mass is 16.6. The number of tetrazole rings is 1. The summed E-state index contributed by atoms with van der Waals surface area (Å²) in [5, 5.41) is 20.9. The fourth-order valence-corrected chi connectivity index (χ4v) is 0.674. The summed E-state index contributed by atoms with van der Waals surface area (Å²) in [6.07, 6.45) is 0. The smallest absolute Gasteiger partial charge is 0.144 e. The van der Waals surface area contributed by atoms with E-state index in [1.54, 1.807) is 6.92 Å². The van der Waals surface area contributed by atoms with Gasteiger partial charge in [-0.25, -0.2) is 4.63 Å². The molecule has 0 spiro atoms. The van der Waals surface area contributed by atoms with Gasteiger partial charge in [-0.15, -0.1) is 0 Å². The van der Waals surface area contributed by atoms with Crippen LogP contribution in [-0.2, 0) is 0 Å². The third-order valence-corrected chi connectivity index (χ3v) is 1.18. The molecule has 0 radical (unpaired) electrons. The van der Waals surface area contributed by atoms with Crippen LogP contribution in [0.3, 0.4) is 0 Å². The summed E-state index contributed by atoms with van der Waals surface area (Å²) < 4.78 is 4.43. The first-order valence-corrected chi connectivity index (χ1v) is 2.86. The molecule has 0 aromatic carbocycles. The molecule has 0 bridgehead atoms. The van der Waals surface area contributed by atoms with Gasteiger partial charge in [-0.2, -0.15) is 5.21 Å². The molecule has 7 heteroatoms. The Hall–Kier alpha value is -1.79. The largest absolute Gasteiger partial charge is 0.329 e. The molecular formula is C4H3N6O-. The van der Waals surface area contributed by atoms with E-state index in [0.717, 1.165) is 0 Å². The van der Waals surface area contributed by atoms with Crippen LogP contribution in [0, 0.1) is 6.92 Å². The SMILES string of the molecule is Cc1nonc1-c1nnn[n-]1. The van der Waals surface area contributed by atoms with Crippen LogP contribution in [0.25, 0.3) is 11.5 Å². The Bertz CT molecular complexity index is 337. The van der Waals surface area contributed by atoms with Crippen molar-refractivity contribution in [1.82, 2.24) is 30.9 Å². The highest BCUT2D eigenvalue weighted by molar-refractivity contribution is 5.48. The van der Waals surface area contributed by atoms with Gasteiger partial charge in [-0.3, -0.25) is 10.3 Å². The maximum atomic E-state index is 4.43. The van der Waals surface area contributed by atoms with E-state index in [2.05, 4.69) is 35.6 Å². The average Bonchev–Trinajstić information content (AvgIpc) is 2.55. The van der Waals surface area contributed by atoms with Crippen molar-refractivity contribution < 1.29 is 4.63 Å². The van der Waals surface area contributed by atoms with Gasteiger partial charge >= 0.3 is 0 Å². The predicted octanol–water partition coefficient (Wildman–Crippen LogP) is -0.813. The van der Waals surface area contributed by atoms with E-state index in [9.17, 15) is 0 Å². The van der Waals surface area contributed by atoms with E-state index in [0.29, 0.717) is 17.2 Å². The molecule has 2 rings (SSSR count). The molecule has 0 N–H and O–H groups in total. The van der Waals surface area contributed by atoms with Crippen LogP contribution in [0.4, 0.5) is 0 Å². The number of aryl methyl sites for hydroxylation is 1. The Morgan fingerprint density at radius 1 is 1.36 bits per heavy atom. The fourth-order valence-electron chi connectivity index (χ4n) is 0.674. The van der Waals surface area contributed by atoms with E-state index in [4.69, 9.17) is 0 Å². The molecule has 0 aliphatic carbocycles. The monoisotopic (exact) mass is 151 g/mol. The van der Waals surface area contributed by atoms with Gasteiger partial charge in [0.25, 0.3) is 0 Å². The highest BCUT2D eigenvalue weighted by Gasteiger charge is 2.05. The first kappa shape index (κ1) is 5.96. The second kappa shape index (κ2) is 2.11. The minimum absolute atomic E-state index is 0.337. The lowest BCUT2D eigenvalue weighted by Gasteiger charge is -1.89. The molecule has 7 nitrogen and oxygen atoms in total. The standard InChI is InChI=1S/C4H3N6O/c1-2-3(8-11-7-2)4-5-9-10-6-4/h1H3/q-1. The Kier molecular flexibility index (Phi) is 1.14. The van der Waals surface area contributed by atoms with Crippen LogP contribution in [0.2, 0.25) is 0 Å². The molecular weight excluding hydrogens is 148 g/mol. The lowest BCUT2D eigenvalue weighted by Crippen LogP contribution is -1.85. The van der Waals surface area contributed by atoms with Crippen molar-refractivity contribution in [3.8, 4) is 11.5 Å². The summed E-state index contributed by atoms with van der Waals surface area (Å²) >= 11 is 0. The van der Waals surface area contributed by atoms with Gasteiger partial charge in [-0.1, -0.05) is 5.16 Å². The number of hydrogen-bond acceptors (Lipinski definition) is 6. The number of hydrogen-bond donors (Lipinski definition) is 0. The molecule has 0 fully saturated rings. The maximum Gasteiger partial charge on any atom is 0.144 e. The molecule has 0 aliphatic heterocycles. The second-order valence-corrected chi connectivity index (χ2v) is 1.90. The van der Waals surface area contributed by atoms with E-state index in [1.807, 2.05) is 0 Å². The van der Waals surface area contributed by atoms with Crippen molar-refractivity contribution in [3.05, 3.63) is 5.69 Å². The quantitative estimate of drug-likeness (QED) is 0.526. The van der Waals surface area contributed by atoms with Crippen LogP contribution in [0.1, 0.15) is 5.69 Å². The highest BCUT2D eigenvalue weighted by Crippen LogP contribution is 2.11. The molecule has 0 unspecified atom stereocenters. The van der Waals surface area contributed by atoms with E-state index in [-0.39, 0.29) is 0 Å². The Labute approximate surface area is 60.8 Å². The normalized spacial score (nSPS) is 10.3. The first-order valence-electron chi connectivity index (χ1n) is 2.86. The van der Waals surface area contributed by atoms with Gasteiger partial charge in [0.15, 0.2) is 0 Å². The molecule has 2 heterocycles. The lowest BCUT2D eigenvalue weighted by atomic mass is 10.3. The fraction of sp³-hybridized carbons (Fsp3) is 0.250. The molecule has 56 valence electrons. The molecule has 0 atom stereocenters. The maximum absolute atomic E-state index is 4.43.